The molecule has 4 rings (SSSR count). The van der Waals surface area contributed by atoms with E-state index in [1.165, 1.54) is 11.3 Å². The Kier molecular flexibility index (Phi) is 7.13. The molecular weight excluding hydrogens is 386 g/mol. The highest BCUT2D eigenvalue weighted by Crippen LogP contribution is 2.24. The van der Waals surface area contributed by atoms with E-state index in [1.807, 2.05) is 12.1 Å². The number of ether oxygens (including phenoxy) is 1. The first-order chi connectivity index (χ1) is 15.1. The summed E-state index contributed by atoms with van der Waals surface area (Å²) < 4.78 is 5.26. The molecular formula is C26H35N3O2. The minimum atomic E-state index is -0.0382. The molecule has 1 atom stereocenters. The van der Waals surface area contributed by atoms with Crippen molar-refractivity contribution >= 4 is 11.6 Å². The molecule has 0 bridgehead atoms. The van der Waals surface area contributed by atoms with Gasteiger partial charge in [-0.05, 0) is 61.9 Å². The molecule has 0 N–H and O–H groups in total. The van der Waals surface area contributed by atoms with Gasteiger partial charge >= 0.3 is 0 Å². The molecule has 2 aliphatic rings. The van der Waals surface area contributed by atoms with Crippen LogP contribution in [0.4, 0.5) is 5.69 Å². The van der Waals surface area contributed by atoms with Crippen molar-refractivity contribution in [2.24, 2.45) is 5.92 Å². The number of carbonyl (C=O) groups is 1. The summed E-state index contributed by atoms with van der Waals surface area (Å²) in [4.78, 5) is 20.0. The van der Waals surface area contributed by atoms with Crippen molar-refractivity contribution in [3.05, 3.63) is 60.2 Å². The zero-order valence-corrected chi connectivity index (χ0v) is 18.9. The summed E-state index contributed by atoms with van der Waals surface area (Å²) in [7, 11) is 1.69. The van der Waals surface area contributed by atoms with Gasteiger partial charge < -0.3 is 14.5 Å². The van der Waals surface area contributed by atoms with Crippen molar-refractivity contribution in [3.8, 4) is 5.75 Å². The lowest BCUT2D eigenvalue weighted by Gasteiger charge is -2.41. The first-order valence-corrected chi connectivity index (χ1v) is 11.6. The van der Waals surface area contributed by atoms with Crippen LogP contribution in [-0.4, -0.2) is 68.1 Å². The standard InChI is InChI=1S/C26H35N3O2/c1-21(27-16-18-28(19-17-27)24-8-10-25(31-2)11-9-24)26(30)29-14-12-23(13-15-29)20-22-6-4-3-5-7-22/h3-11,21,23H,12-20H2,1-2H3/t21-/m0/s1. The minimum absolute atomic E-state index is 0.0382. The number of carbonyl (C=O) groups excluding carboxylic acids is 1. The highest BCUT2D eigenvalue weighted by atomic mass is 16.5. The van der Waals surface area contributed by atoms with Crippen molar-refractivity contribution in [1.82, 2.24) is 9.80 Å². The van der Waals surface area contributed by atoms with E-state index in [0.29, 0.717) is 11.8 Å². The largest absolute Gasteiger partial charge is 0.497 e. The van der Waals surface area contributed by atoms with Gasteiger partial charge in [0.25, 0.3) is 0 Å². The molecule has 0 aliphatic carbocycles. The highest BCUT2D eigenvalue weighted by molar-refractivity contribution is 5.81. The maximum absolute atomic E-state index is 13.1. The zero-order chi connectivity index (χ0) is 21.6. The van der Waals surface area contributed by atoms with Crippen molar-refractivity contribution in [2.45, 2.75) is 32.2 Å². The topological polar surface area (TPSA) is 36.0 Å². The lowest BCUT2D eigenvalue weighted by atomic mass is 9.90. The van der Waals surface area contributed by atoms with Gasteiger partial charge in [0.05, 0.1) is 13.2 Å². The maximum atomic E-state index is 13.1. The molecule has 1 amide bonds. The molecule has 0 unspecified atom stereocenters. The van der Waals surface area contributed by atoms with Crippen molar-refractivity contribution in [2.75, 3.05) is 51.3 Å². The SMILES string of the molecule is COc1ccc(N2CCN([C@@H](C)C(=O)N3CCC(Cc4ccccc4)CC3)CC2)cc1. The van der Waals surface area contributed by atoms with E-state index in [4.69, 9.17) is 4.74 Å². The number of benzene rings is 2. The van der Waals surface area contributed by atoms with E-state index in [1.54, 1.807) is 7.11 Å². The summed E-state index contributed by atoms with van der Waals surface area (Å²) in [6.07, 6.45) is 3.35. The van der Waals surface area contributed by atoms with Crippen LogP contribution in [0, 0.1) is 5.92 Å². The molecule has 31 heavy (non-hydrogen) atoms. The molecule has 0 spiro atoms. The molecule has 2 aliphatic heterocycles. The second-order valence-corrected chi connectivity index (χ2v) is 8.86. The van der Waals surface area contributed by atoms with E-state index >= 15 is 0 Å². The van der Waals surface area contributed by atoms with Gasteiger partial charge in [-0.25, -0.2) is 0 Å². The number of nitrogens with zero attached hydrogens (tertiary/aromatic N) is 3. The van der Waals surface area contributed by atoms with Crippen LogP contribution in [0.2, 0.25) is 0 Å². The summed E-state index contributed by atoms with van der Waals surface area (Å²) >= 11 is 0. The van der Waals surface area contributed by atoms with Crippen LogP contribution in [0.25, 0.3) is 0 Å². The predicted molar refractivity (Wildman–Crippen MR) is 126 cm³/mol. The van der Waals surface area contributed by atoms with Gasteiger partial charge in [-0.15, -0.1) is 0 Å². The molecule has 0 radical (unpaired) electrons. The van der Waals surface area contributed by atoms with Crippen LogP contribution >= 0.6 is 0 Å². The molecule has 0 saturated carbocycles. The average Bonchev–Trinajstić information content (AvgIpc) is 2.84. The number of hydrogen-bond acceptors (Lipinski definition) is 4. The Balaban J connectivity index is 1.23. The van der Waals surface area contributed by atoms with E-state index in [2.05, 4.69) is 64.1 Å². The smallest absolute Gasteiger partial charge is 0.239 e. The van der Waals surface area contributed by atoms with E-state index in [0.717, 1.165) is 64.3 Å². The summed E-state index contributed by atoms with van der Waals surface area (Å²) in [6.45, 7) is 7.61. The number of piperazine rings is 1. The molecule has 0 aromatic heterocycles. The van der Waals surface area contributed by atoms with Gasteiger partial charge in [0.15, 0.2) is 0 Å². The van der Waals surface area contributed by atoms with Gasteiger partial charge in [-0.1, -0.05) is 30.3 Å². The fourth-order valence-corrected chi connectivity index (χ4v) is 4.89. The molecule has 2 aromatic carbocycles. The van der Waals surface area contributed by atoms with Gasteiger partial charge in [-0.2, -0.15) is 0 Å². The summed E-state index contributed by atoms with van der Waals surface area (Å²) in [5, 5.41) is 0. The summed E-state index contributed by atoms with van der Waals surface area (Å²) in [5.74, 6) is 1.88. The zero-order valence-electron chi connectivity index (χ0n) is 18.9. The van der Waals surface area contributed by atoms with Crippen LogP contribution in [0.5, 0.6) is 5.75 Å². The normalized spacial score (nSPS) is 19.3. The Hall–Kier alpha value is -2.53. The Bertz CT molecular complexity index is 823. The summed E-state index contributed by atoms with van der Waals surface area (Å²) in [5.41, 5.74) is 2.63. The van der Waals surface area contributed by atoms with Gasteiger partial charge in [-0.3, -0.25) is 9.69 Å². The lowest BCUT2D eigenvalue weighted by Crippen LogP contribution is -2.55. The second kappa shape index (κ2) is 10.2. The predicted octanol–water partition coefficient (Wildman–Crippen LogP) is 3.69. The highest BCUT2D eigenvalue weighted by Gasteiger charge is 2.31. The molecule has 2 fully saturated rings. The molecule has 2 saturated heterocycles. The number of amides is 1. The van der Waals surface area contributed by atoms with Crippen LogP contribution < -0.4 is 9.64 Å². The Labute approximate surface area is 186 Å². The van der Waals surface area contributed by atoms with Crippen LogP contribution in [0.15, 0.2) is 54.6 Å². The van der Waals surface area contributed by atoms with Crippen LogP contribution in [-0.2, 0) is 11.2 Å². The van der Waals surface area contributed by atoms with Crippen molar-refractivity contribution in [1.29, 1.82) is 0 Å². The van der Waals surface area contributed by atoms with E-state index in [9.17, 15) is 4.79 Å². The third kappa shape index (κ3) is 5.40. The third-order valence-electron chi connectivity index (χ3n) is 6.95. The molecule has 2 aromatic rings. The van der Waals surface area contributed by atoms with Gasteiger partial charge in [0, 0.05) is 45.0 Å². The fraction of sp³-hybridized carbons (Fsp3) is 0.500. The van der Waals surface area contributed by atoms with Crippen molar-refractivity contribution in [3.63, 3.8) is 0 Å². The lowest BCUT2D eigenvalue weighted by molar-refractivity contribution is -0.138. The fourth-order valence-electron chi connectivity index (χ4n) is 4.89. The molecule has 2 heterocycles. The van der Waals surface area contributed by atoms with Crippen molar-refractivity contribution < 1.29 is 9.53 Å². The Morgan fingerprint density at radius 3 is 2.19 bits per heavy atom. The number of piperidine rings is 1. The quantitative estimate of drug-likeness (QED) is 0.713. The van der Waals surface area contributed by atoms with Crippen LogP contribution in [0.3, 0.4) is 0 Å². The first-order valence-electron chi connectivity index (χ1n) is 11.6. The van der Waals surface area contributed by atoms with Gasteiger partial charge in [0.2, 0.25) is 5.91 Å². The third-order valence-corrected chi connectivity index (χ3v) is 6.95. The van der Waals surface area contributed by atoms with E-state index in [-0.39, 0.29) is 6.04 Å². The maximum Gasteiger partial charge on any atom is 0.239 e. The minimum Gasteiger partial charge on any atom is -0.497 e. The van der Waals surface area contributed by atoms with E-state index < -0.39 is 0 Å². The number of hydrogen-bond donors (Lipinski definition) is 0. The molecule has 166 valence electrons. The Morgan fingerprint density at radius 2 is 1.58 bits per heavy atom. The summed E-state index contributed by atoms with van der Waals surface area (Å²) in [6, 6.07) is 18.9. The number of anilines is 1. The Morgan fingerprint density at radius 1 is 0.935 bits per heavy atom. The van der Waals surface area contributed by atoms with Gasteiger partial charge in [0.1, 0.15) is 5.75 Å². The van der Waals surface area contributed by atoms with Crippen LogP contribution in [0.1, 0.15) is 25.3 Å². The average molecular weight is 422 g/mol. The number of likely N-dealkylation sites (tertiary alicyclic amines) is 1. The first kappa shape index (κ1) is 21.7. The molecule has 5 heteroatoms. The second-order valence-electron chi connectivity index (χ2n) is 8.86. The number of rotatable bonds is 6. The number of methoxy groups -OCH3 is 1. The molecule has 5 nitrogen and oxygen atoms in total. The monoisotopic (exact) mass is 421 g/mol.